The molecule has 0 radical (unpaired) electrons. The number of hydrogen-bond donors (Lipinski definition) is 2. The lowest BCUT2D eigenvalue weighted by Crippen LogP contribution is -2.13. The van der Waals surface area contributed by atoms with Gasteiger partial charge in [0.15, 0.2) is 0 Å². The van der Waals surface area contributed by atoms with Crippen LogP contribution in [0.3, 0.4) is 0 Å². The van der Waals surface area contributed by atoms with E-state index in [1.54, 1.807) is 6.20 Å². The fraction of sp³-hybridized carbons (Fsp3) is 0.438. The van der Waals surface area contributed by atoms with Crippen molar-refractivity contribution in [3.8, 4) is 0 Å². The summed E-state index contributed by atoms with van der Waals surface area (Å²) in [5.41, 5.74) is 16.4. The van der Waals surface area contributed by atoms with E-state index in [1.807, 2.05) is 18.6 Å². The Labute approximate surface area is 119 Å². The highest BCUT2D eigenvalue weighted by molar-refractivity contribution is 5.70. The van der Waals surface area contributed by atoms with E-state index in [-0.39, 0.29) is 0 Å². The van der Waals surface area contributed by atoms with Crippen LogP contribution in [0.1, 0.15) is 49.1 Å². The van der Waals surface area contributed by atoms with Gasteiger partial charge >= 0.3 is 0 Å². The first-order valence-corrected chi connectivity index (χ1v) is 7.38. The highest BCUT2D eigenvalue weighted by Crippen LogP contribution is 2.39. The van der Waals surface area contributed by atoms with Crippen LogP contribution < -0.4 is 11.5 Å². The number of benzene rings is 1. The van der Waals surface area contributed by atoms with Crippen molar-refractivity contribution in [3.05, 3.63) is 42.0 Å². The van der Waals surface area contributed by atoms with Crippen LogP contribution in [0, 0.1) is 0 Å². The number of imidazole rings is 1. The van der Waals surface area contributed by atoms with Crippen molar-refractivity contribution in [2.45, 2.75) is 44.6 Å². The SMILES string of the molecule is Nc1ccc(Cn2ccnc2)c(C2CCCCC2)c1N. The lowest BCUT2D eigenvalue weighted by atomic mass is 9.81. The van der Waals surface area contributed by atoms with Crippen LogP contribution in [0.5, 0.6) is 0 Å². The molecule has 3 rings (SSSR count). The van der Waals surface area contributed by atoms with Gasteiger partial charge in [0, 0.05) is 18.9 Å². The molecule has 4 N–H and O–H groups in total. The summed E-state index contributed by atoms with van der Waals surface area (Å²) in [6, 6.07) is 4.05. The Morgan fingerprint density at radius 2 is 1.95 bits per heavy atom. The predicted octanol–water partition coefficient (Wildman–Crippen LogP) is 3.14. The van der Waals surface area contributed by atoms with E-state index in [1.165, 1.54) is 43.2 Å². The molecule has 1 aromatic carbocycles. The van der Waals surface area contributed by atoms with Crippen LogP contribution in [0.15, 0.2) is 30.9 Å². The maximum Gasteiger partial charge on any atom is 0.0949 e. The number of nitrogens with zero attached hydrogens (tertiary/aromatic N) is 2. The van der Waals surface area contributed by atoms with Crippen molar-refractivity contribution >= 4 is 11.4 Å². The summed E-state index contributed by atoms with van der Waals surface area (Å²) in [6.45, 7) is 0.816. The number of hydrogen-bond acceptors (Lipinski definition) is 3. The summed E-state index contributed by atoms with van der Waals surface area (Å²) in [5.74, 6) is 0.561. The van der Waals surface area contributed by atoms with Crippen molar-refractivity contribution in [3.63, 3.8) is 0 Å². The van der Waals surface area contributed by atoms with Crippen molar-refractivity contribution in [2.24, 2.45) is 0 Å². The van der Waals surface area contributed by atoms with Crippen molar-refractivity contribution < 1.29 is 0 Å². The second-order valence-corrected chi connectivity index (χ2v) is 5.71. The number of anilines is 2. The molecule has 1 heterocycles. The van der Waals surface area contributed by atoms with Crippen LogP contribution >= 0.6 is 0 Å². The van der Waals surface area contributed by atoms with Crippen LogP contribution in [0.4, 0.5) is 11.4 Å². The van der Waals surface area contributed by atoms with Gasteiger partial charge in [-0.1, -0.05) is 25.3 Å². The highest BCUT2D eigenvalue weighted by Gasteiger charge is 2.22. The van der Waals surface area contributed by atoms with Gasteiger partial charge in [-0.25, -0.2) is 4.98 Å². The molecule has 0 aliphatic heterocycles. The van der Waals surface area contributed by atoms with Gasteiger partial charge in [-0.05, 0) is 36.0 Å². The van der Waals surface area contributed by atoms with Gasteiger partial charge in [0.25, 0.3) is 0 Å². The minimum absolute atomic E-state index is 0.561. The zero-order valence-electron chi connectivity index (χ0n) is 11.8. The van der Waals surface area contributed by atoms with Gasteiger partial charge in [0.05, 0.1) is 17.7 Å². The van der Waals surface area contributed by atoms with Gasteiger partial charge in [-0.15, -0.1) is 0 Å². The van der Waals surface area contributed by atoms with Crippen molar-refractivity contribution in [1.29, 1.82) is 0 Å². The number of aromatic nitrogens is 2. The molecule has 0 saturated heterocycles. The number of nitrogen functional groups attached to an aromatic ring is 2. The molecule has 1 aliphatic rings. The first-order valence-electron chi connectivity index (χ1n) is 7.38. The molecule has 0 amide bonds. The van der Waals surface area contributed by atoms with E-state index >= 15 is 0 Å². The van der Waals surface area contributed by atoms with Gasteiger partial charge in [0.1, 0.15) is 0 Å². The Morgan fingerprint density at radius 3 is 2.65 bits per heavy atom. The molecule has 4 nitrogen and oxygen atoms in total. The van der Waals surface area contributed by atoms with Gasteiger partial charge < -0.3 is 16.0 Å². The average Bonchev–Trinajstić information content (AvgIpc) is 2.97. The van der Waals surface area contributed by atoms with E-state index in [4.69, 9.17) is 11.5 Å². The first-order chi connectivity index (χ1) is 9.75. The lowest BCUT2D eigenvalue weighted by Gasteiger charge is -2.26. The molecule has 0 bridgehead atoms. The van der Waals surface area contributed by atoms with E-state index in [0.717, 1.165) is 12.2 Å². The average molecular weight is 270 g/mol. The maximum atomic E-state index is 6.29. The van der Waals surface area contributed by atoms with Crippen LogP contribution in [-0.2, 0) is 6.54 Å². The van der Waals surface area contributed by atoms with E-state index in [9.17, 15) is 0 Å². The van der Waals surface area contributed by atoms with Crippen molar-refractivity contribution in [2.75, 3.05) is 11.5 Å². The summed E-state index contributed by atoms with van der Waals surface area (Å²) >= 11 is 0. The molecule has 0 unspecified atom stereocenters. The molecule has 0 spiro atoms. The number of rotatable bonds is 3. The molecule has 1 saturated carbocycles. The fourth-order valence-electron chi connectivity index (χ4n) is 3.29. The molecular formula is C16H22N4. The Morgan fingerprint density at radius 1 is 1.15 bits per heavy atom. The minimum Gasteiger partial charge on any atom is -0.397 e. The molecule has 1 aliphatic carbocycles. The predicted molar refractivity (Wildman–Crippen MR) is 82.4 cm³/mol. The van der Waals surface area contributed by atoms with E-state index in [0.29, 0.717) is 11.6 Å². The standard InChI is InChI=1S/C16H22N4/c17-14-7-6-13(10-20-9-8-19-11-20)15(16(14)18)12-4-2-1-3-5-12/h6-9,11-12H,1-5,10,17-18H2. The van der Waals surface area contributed by atoms with E-state index < -0.39 is 0 Å². The molecule has 1 aromatic heterocycles. The molecule has 4 heteroatoms. The lowest BCUT2D eigenvalue weighted by molar-refractivity contribution is 0.442. The normalized spacial score (nSPS) is 16.4. The Hall–Kier alpha value is -1.97. The highest BCUT2D eigenvalue weighted by atomic mass is 15.0. The second-order valence-electron chi connectivity index (χ2n) is 5.71. The van der Waals surface area contributed by atoms with Gasteiger partial charge in [-0.2, -0.15) is 0 Å². The zero-order chi connectivity index (χ0) is 13.9. The summed E-state index contributed by atoms with van der Waals surface area (Å²) in [7, 11) is 0. The van der Waals surface area contributed by atoms with Crippen LogP contribution in [0.25, 0.3) is 0 Å². The molecule has 1 fully saturated rings. The van der Waals surface area contributed by atoms with Crippen LogP contribution in [-0.4, -0.2) is 9.55 Å². The Balaban J connectivity index is 1.97. The van der Waals surface area contributed by atoms with E-state index in [2.05, 4.69) is 15.6 Å². The quantitative estimate of drug-likeness (QED) is 0.842. The smallest absolute Gasteiger partial charge is 0.0949 e. The Bertz CT molecular complexity index is 568. The largest absolute Gasteiger partial charge is 0.397 e. The molecule has 20 heavy (non-hydrogen) atoms. The zero-order valence-corrected chi connectivity index (χ0v) is 11.8. The third kappa shape index (κ3) is 2.50. The molecule has 106 valence electrons. The minimum atomic E-state index is 0.561. The van der Waals surface area contributed by atoms with Crippen LogP contribution in [0.2, 0.25) is 0 Å². The topological polar surface area (TPSA) is 69.9 Å². The molecule has 0 atom stereocenters. The van der Waals surface area contributed by atoms with Gasteiger partial charge in [-0.3, -0.25) is 0 Å². The molecular weight excluding hydrogens is 248 g/mol. The summed E-state index contributed by atoms with van der Waals surface area (Å²) < 4.78 is 2.08. The second kappa shape index (κ2) is 5.57. The molecule has 2 aromatic rings. The maximum absolute atomic E-state index is 6.29. The summed E-state index contributed by atoms with van der Waals surface area (Å²) in [4.78, 5) is 4.11. The summed E-state index contributed by atoms with van der Waals surface area (Å²) in [5, 5.41) is 0. The van der Waals surface area contributed by atoms with Gasteiger partial charge in [0.2, 0.25) is 0 Å². The third-order valence-electron chi connectivity index (χ3n) is 4.34. The Kier molecular flexibility index (Phi) is 3.63. The van der Waals surface area contributed by atoms with Crippen molar-refractivity contribution in [1.82, 2.24) is 9.55 Å². The number of nitrogens with two attached hydrogens (primary N) is 2. The fourth-order valence-corrected chi connectivity index (χ4v) is 3.29. The monoisotopic (exact) mass is 270 g/mol. The first kappa shape index (κ1) is 13.0. The summed E-state index contributed by atoms with van der Waals surface area (Å²) in [6.07, 6.45) is 12.0. The third-order valence-corrected chi connectivity index (χ3v) is 4.34.